The molecule has 4 rings (SSSR count). The van der Waals surface area contributed by atoms with Crippen LogP contribution in [-0.2, 0) is 16.4 Å². The number of halogens is 2. The highest BCUT2D eigenvalue weighted by molar-refractivity contribution is 7.92. The van der Waals surface area contributed by atoms with E-state index in [1.807, 2.05) is 6.92 Å². The van der Waals surface area contributed by atoms with Gasteiger partial charge in [-0.3, -0.25) is 4.31 Å². The van der Waals surface area contributed by atoms with Crippen molar-refractivity contribution in [2.45, 2.75) is 30.7 Å². The van der Waals surface area contributed by atoms with Crippen molar-refractivity contribution in [1.29, 1.82) is 0 Å². The summed E-state index contributed by atoms with van der Waals surface area (Å²) in [6, 6.07) is 15.9. The van der Waals surface area contributed by atoms with Crippen molar-refractivity contribution in [2.75, 3.05) is 14.9 Å². The first kappa shape index (κ1) is 22.2. The molecule has 32 heavy (non-hydrogen) atoms. The van der Waals surface area contributed by atoms with Crippen LogP contribution in [0.15, 0.2) is 71.6 Å². The Labute approximate surface area is 191 Å². The molecule has 0 fully saturated rings. The van der Waals surface area contributed by atoms with Gasteiger partial charge < -0.3 is 10.6 Å². The molecule has 3 aromatic rings. The number of aryl methyl sites for hydroxylation is 1. The number of hydrogen-bond donors (Lipinski definition) is 2. The van der Waals surface area contributed by atoms with Crippen LogP contribution < -0.4 is 14.9 Å². The van der Waals surface area contributed by atoms with Crippen molar-refractivity contribution >= 4 is 44.4 Å². The van der Waals surface area contributed by atoms with Gasteiger partial charge in [0, 0.05) is 17.4 Å². The zero-order valence-electron chi connectivity index (χ0n) is 17.2. The Balaban J connectivity index is 1.52. The smallest absolute Gasteiger partial charge is 0.264 e. The van der Waals surface area contributed by atoms with Gasteiger partial charge in [-0.1, -0.05) is 0 Å². The highest BCUT2D eigenvalue weighted by Gasteiger charge is 2.33. The largest absolute Gasteiger partial charge is 0.332 e. The molecular formula is C23H21F2N3O2S2. The molecule has 5 nitrogen and oxygen atoms in total. The molecule has 0 aromatic heterocycles. The molecule has 0 unspecified atom stereocenters. The highest BCUT2D eigenvalue weighted by atomic mass is 32.2. The Morgan fingerprint density at radius 1 is 0.938 bits per heavy atom. The number of nitrogens with zero attached hydrogens (tertiary/aromatic N) is 1. The summed E-state index contributed by atoms with van der Waals surface area (Å²) in [5.41, 5.74) is 2.41. The summed E-state index contributed by atoms with van der Waals surface area (Å²) < 4.78 is 54.8. The van der Waals surface area contributed by atoms with Crippen LogP contribution in [0, 0.1) is 11.6 Å². The van der Waals surface area contributed by atoms with Crippen molar-refractivity contribution in [3.05, 3.63) is 83.9 Å². The molecule has 166 valence electrons. The van der Waals surface area contributed by atoms with Gasteiger partial charge >= 0.3 is 0 Å². The molecule has 3 aromatic carbocycles. The average molecular weight is 474 g/mol. The second-order valence-electron chi connectivity index (χ2n) is 7.57. The van der Waals surface area contributed by atoms with Gasteiger partial charge in [0.05, 0.1) is 10.6 Å². The number of nitrogens with one attached hydrogen (secondary N) is 2. The molecule has 1 atom stereocenters. The summed E-state index contributed by atoms with van der Waals surface area (Å²) in [6.45, 7) is 1.85. The Kier molecular flexibility index (Phi) is 6.12. The van der Waals surface area contributed by atoms with Gasteiger partial charge in [-0.15, -0.1) is 0 Å². The average Bonchev–Trinajstić information content (AvgIpc) is 2.75. The van der Waals surface area contributed by atoms with Gasteiger partial charge in [-0.05, 0) is 104 Å². The molecule has 0 bridgehead atoms. The predicted molar refractivity (Wildman–Crippen MR) is 127 cm³/mol. The molecular weight excluding hydrogens is 452 g/mol. The molecule has 2 N–H and O–H groups in total. The summed E-state index contributed by atoms with van der Waals surface area (Å²) in [7, 11) is -3.84. The predicted octanol–water partition coefficient (Wildman–Crippen LogP) is 5.30. The van der Waals surface area contributed by atoms with Crippen LogP contribution in [0.25, 0.3) is 0 Å². The molecule has 0 radical (unpaired) electrons. The number of thiocarbonyl (C=S) groups is 1. The third-order valence-corrected chi connectivity index (χ3v) is 7.43. The molecule has 0 spiro atoms. The van der Waals surface area contributed by atoms with E-state index in [1.165, 1.54) is 46.8 Å². The first-order valence-electron chi connectivity index (χ1n) is 10.0. The minimum absolute atomic E-state index is 0.129. The van der Waals surface area contributed by atoms with Gasteiger partial charge in [-0.25, -0.2) is 17.2 Å². The van der Waals surface area contributed by atoms with Crippen LogP contribution in [-0.4, -0.2) is 19.6 Å². The van der Waals surface area contributed by atoms with E-state index in [9.17, 15) is 17.2 Å². The minimum Gasteiger partial charge on any atom is -0.332 e. The maximum Gasteiger partial charge on any atom is 0.264 e. The van der Waals surface area contributed by atoms with E-state index in [0.29, 0.717) is 35.5 Å². The maximum absolute atomic E-state index is 13.6. The summed E-state index contributed by atoms with van der Waals surface area (Å²) >= 11 is 5.26. The third-order valence-electron chi connectivity index (χ3n) is 5.28. The lowest BCUT2D eigenvalue weighted by Gasteiger charge is -2.36. The molecule has 0 aliphatic carbocycles. The first-order valence-corrected chi connectivity index (χ1v) is 11.9. The van der Waals surface area contributed by atoms with Crippen LogP contribution >= 0.6 is 12.2 Å². The minimum atomic E-state index is -3.84. The van der Waals surface area contributed by atoms with E-state index in [-0.39, 0.29) is 27.7 Å². The van der Waals surface area contributed by atoms with Gasteiger partial charge in [0.2, 0.25) is 0 Å². The van der Waals surface area contributed by atoms with E-state index in [2.05, 4.69) is 10.6 Å². The van der Waals surface area contributed by atoms with E-state index < -0.39 is 10.0 Å². The number of hydrogen-bond acceptors (Lipinski definition) is 3. The fourth-order valence-corrected chi connectivity index (χ4v) is 5.66. The lowest BCUT2D eigenvalue weighted by atomic mass is 9.99. The van der Waals surface area contributed by atoms with Crippen molar-refractivity contribution < 1.29 is 17.2 Å². The van der Waals surface area contributed by atoms with E-state index >= 15 is 0 Å². The molecule has 0 saturated heterocycles. The van der Waals surface area contributed by atoms with Crippen molar-refractivity contribution in [2.24, 2.45) is 0 Å². The van der Waals surface area contributed by atoms with E-state index in [4.69, 9.17) is 12.2 Å². The quantitative estimate of drug-likeness (QED) is 0.504. The molecule has 9 heteroatoms. The summed E-state index contributed by atoms with van der Waals surface area (Å²) in [6.07, 6.45) is 1.24. The number of sulfonamides is 1. The molecule has 1 aliphatic rings. The molecule has 0 saturated carbocycles. The summed E-state index contributed by atoms with van der Waals surface area (Å²) in [5, 5.41) is 6.19. The van der Waals surface area contributed by atoms with Crippen molar-refractivity contribution in [1.82, 2.24) is 0 Å². The van der Waals surface area contributed by atoms with Gasteiger partial charge in [-0.2, -0.15) is 0 Å². The zero-order valence-corrected chi connectivity index (χ0v) is 18.8. The molecule has 1 aliphatic heterocycles. The van der Waals surface area contributed by atoms with Gasteiger partial charge in [0.1, 0.15) is 11.6 Å². The molecule has 0 amide bonds. The lowest BCUT2D eigenvalue weighted by molar-refractivity contribution is 0.560. The standard InChI is InChI=1S/C23H21F2N3O2S2/c1-15-2-3-16-14-18(25)6-13-22(16)28(15)32(29,30)21-11-9-20(10-12-21)27-23(31)26-19-7-4-17(24)5-8-19/h4-15H,2-3H2,1H3,(H2,26,27,31)/t15-/m0/s1. The molecule has 1 heterocycles. The summed E-state index contributed by atoms with van der Waals surface area (Å²) in [4.78, 5) is 0.129. The van der Waals surface area contributed by atoms with Crippen molar-refractivity contribution in [3.63, 3.8) is 0 Å². The Morgan fingerprint density at radius 3 is 2.12 bits per heavy atom. The van der Waals surface area contributed by atoms with Crippen molar-refractivity contribution in [3.8, 4) is 0 Å². The van der Waals surface area contributed by atoms with Gasteiger partial charge in [0.15, 0.2) is 5.11 Å². The van der Waals surface area contributed by atoms with E-state index in [0.717, 1.165) is 0 Å². The normalized spacial score (nSPS) is 15.7. The van der Waals surface area contributed by atoms with Crippen LogP contribution in [0.5, 0.6) is 0 Å². The fourth-order valence-electron chi connectivity index (χ4n) is 3.71. The van der Waals surface area contributed by atoms with Gasteiger partial charge in [0.25, 0.3) is 10.0 Å². The highest BCUT2D eigenvalue weighted by Crippen LogP contribution is 2.35. The first-order chi connectivity index (χ1) is 15.2. The SMILES string of the molecule is C[C@H]1CCc2cc(F)ccc2N1S(=O)(=O)c1ccc(NC(=S)Nc2ccc(F)cc2)cc1. The number of rotatable bonds is 4. The van der Waals surface area contributed by atoms with Crippen LogP contribution in [0.1, 0.15) is 18.9 Å². The topological polar surface area (TPSA) is 61.4 Å². The summed E-state index contributed by atoms with van der Waals surface area (Å²) in [5.74, 6) is -0.724. The number of benzene rings is 3. The Bertz CT molecular complexity index is 1250. The monoisotopic (exact) mass is 473 g/mol. The van der Waals surface area contributed by atoms with E-state index in [1.54, 1.807) is 24.3 Å². The zero-order chi connectivity index (χ0) is 22.9. The third kappa shape index (κ3) is 4.58. The van der Waals surface area contributed by atoms with Crippen LogP contribution in [0.4, 0.5) is 25.8 Å². The van der Waals surface area contributed by atoms with Crippen LogP contribution in [0.2, 0.25) is 0 Å². The fraction of sp³-hybridized carbons (Fsp3) is 0.174. The second kappa shape index (κ2) is 8.84. The Morgan fingerprint density at radius 2 is 1.50 bits per heavy atom. The maximum atomic E-state index is 13.6. The Hall–Kier alpha value is -3.04. The number of fused-ring (bicyclic) bond motifs is 1. The number of anilines is 3. The van der Waals surface area contributed by atoms with Crippen LogP contribution in [0.3, 0.4) is 0 Å². The lowest BCUT2D eigenvalue weighted by Crippen LogP contribution is -2.42. The second-order valence-corrected chi connectivity index (χ2v) is 9.80.